The Morgan fingerprint density at radius 1 is 1.20 bits per heavy atom. The molecule has 3 rings (SSSR count). The van der Waals surface area contributed by atoms with Gasteiger partial charge in [-0.3, -0.25) is 4.79 Å². The van der Waals surface area contributed by atoms with Gasteiger partial charge in [-0.2, -0.15) is 5.10 Å². The van der Waals surface area contributed by atoms with E-state index in [1.165, 1.54) is 24.1 Å². The summed E-state index contributed by atoms with van der Waals surface area (Å²) in [6.07, 6.45) is 1.34. The first kappa shape index (κ1) is 22.0. The second-order valence-corrected chi connectivity index (χ2v) is 7.74. The molecule has 0 saturated heterocycles. The van der Waals surface area contributed by atoms with E-state index in [2.05, 4.69) is 5.10 Å². The minimum absolute atomic E-state index is 0.000201. The van der Waals surface area contributed by atoms with Crippen LogP contribution in [0.25, 0.3) is 0 Å². The molecule has 1 aliphatic rings. The van der Waals surface area contributed by atoms with Gasteiger partial charge in [-0.05, 0) is 67.3 Å². The van der Waals surface area contributed by atoms with Gasteiger partial charge in [-0.15, -0.1) is 0 Å². The Morgan fingerprint density at radius 3 is 2.50 bits per heavy atom. The second kappa shape index (κ2) is 8.60. The van der Waals surface area contributed by atoms with Gasteiger partial charge in [0.15, 0.2) is 0 Å². The first-order chi connectivity index (χ1) is 14.2. The molecule has 2 atom stereocenters. The quantitative estimate of drug-likeness (QED) is 0.745. The largest absolute Gasteiger partial charge is 0.330 e. The van der Waals surface area contributed by atoms with Crippen molar-refractivity contribution in [2.75, 3.05) is 6.54 Å². The summed E-state index contributed by atoms with van der Waals surface area (Å²) in [7, 11) is 0. The number of amides is 1. The Hall–Kier alpha value is -2.67. The molecule has 2 N–H and O–H groups in total. The number of hydrogen-bond acceptors (Lipinski definition) is 3. The second-order valence-electron chi connectivity index (χ2n) is 7.74. The van der Waals surface area contributed by atoms with Crippen molar-refractivity contribution in [3.63, 3.8) is 0 Å². The number of benzene rings is 2. The van der Waals surface area contributed by atoms with Crippen molar-refractivity contribution in [3.8, 4) is 0 Å². The maximum Gasteiger partial charge on any atom is 0.240 e. The van der Waals surface area contributed by atoms with Crippen LogP contribution in [0.1, 0.15) is 49.8 Å². The smallest absolute Gasteiger partial charge is 0.240 e. The van der Waals surface area contributed by atoms with Crippen molar-refractivity contribution < 1.29 is 18.0 Å². The fourth-order valence-corrected chi connectivity index (χ4v) is 4.58. The fraction of sp³-hybridized carbons (Fsp3) is 0.391. The highest BCUT2D eigenvalue weighted by molar-refractivity contribution is 6.04. The van der Waals surface area contributed by atoms with Gasteiger partial charge in [0, 0.05) is 18.9 Å². The zero-order chi connectivity index (χ0) is 22.1. The van der Waals surface area contributed by atoms with Crippen LogP contribution in [0.2, 0.25) is 0 Å². The number of aryl methyl sites for hydroxylation is 1. The molecule has 0 bridgehead atoms. The zero-order valence-electron chi connectivity index (χ0n) is 17.4. The van der Waals surface area contributed by atoms with E-state index >= 15 is 0 Å². The molecule has 4 nitrogen and oxygen atoms in total. The molecule has 1 amide bonds. The Bertz CT molecular complexity index is 992. The van der Waals surface area contributed by atoms with Crippen molar-refractivity contribution in [3.05, 3.63) is 70.5 Å². The van der Waals surface area contributed by atoms with E-state index in [-0.39, 0.29) is 29.5 Å². The minimum atomic E-state index is -1.04. The van der Waals surface area contributed by atoms with Crippen LogP contribution >= 0.6 is 0 Å². The molecule has 2 aromatic rings. The number of rotatable bonds is 6. The highest BCUT2D eigenvalue weighted by Gasteiger charge is 2.52. The number of halogens is 3. The van der Waals surface area contributed by atoms with Crippen LogP contribution in [-0.4, -0.2) is 23.2 Å². The normalized spacial score (nSPS) is 19.7. The van der Waals surface area contributed by atoms with E-state index in [1.807, 2.05) is 13.8 Å². The molecule has 160 valence electrons. The van der Waals surface area contributed by atoms with Crippen molar-refractivity contribution in [2.24, 2.45) is 16.8 Å². The predicted molar refractivity (Wildman–Crippen MR) is 110 cm³/mol. The maximum absolute atomic E-state index is 14.5. The first-order valence-electron chi connectivity index (χ1n) is 10.0. The Morgan fingerprint density at radius 2 is 1.87 bits per heavy atom. The molecular formula is C23H26F3N3O. The van der Waals surface area contributed by atoms with E-state index in [0.717, 1.165) is 23.8 Å². The summed E-state index contributed by atoms with van der Waals surface area (Å²) in [4.78, 5) is 12.7. The van der Waals surface area contributed by atoms with Crippen LogP contribution in [0.15, 0.2) is 41.5 Å². The van der Waals surface area contributed by atoms with Crippen molar-refractivity contribution >= 4 is 11.6 Å². The number of hydrazone groups is 1. The fourth-order valence-electron chi connectivity index (χ4n) is 4.58. The van der Waals surface area contributed by atoms with Crippen LogP contribution in [-0.2, 0) is 10.3 Å². The van der Waals surface area contributed by atoms with Crippen molar-refractivity contribution in [2.45, 2.75) is 45.6 Å². The highest BCUT2D eigenvalue weighted by Crippen LogP contribution is 2.48. The number of carbonyl (C=O) groups excluding carboxylic acids is 1. The summed E-state index contributed by atoms with van der Waals surface area (Å²) in [5.41, 5.74) is 6.47. The monoisotopic (exact) mass is 417 g/mol. The van der Waals surface area contributed by atoms with Gasteiger partial charge in [0.2, 0.25) is 5.91 Å². The summed E-state index contributed by atoms with van der Waals surface area (Å²) in [5, 5.41) is 5.76. The molecule has 0 spiro atoms. The third-order valence-electron chi connectivity index (χ3n) is 5.92. The van der Waals surface area contributed by atoms with Crippen LogP contribution < -0.4 is 5.73 Å². The van der Waals surface area contributed by atoms with E-state index in [9.17, 15) is 18.0 Å². The Kier molecular flexibility index (Phi) is 6.31. The van der Waals surface area contributed by atoms with Crippen molar-refractivity contribution in [1.29, 1.82) is 0 Å². The summed E-state index contributed by atoms with van der Waals surface area (Å²) >= 11 is 0. The Labute approximate surface area is 174 Å². The molecule has 30 heavy (non-hydrogen) atoms. The van der Waals surface area contributed by atoms with Gasteiger partial charge in [0.1, 0.15) is 23.0 Å². The lowest BCUT2D eigenvalue weighted by molar-refractivity contribution is -0.137. The van der Waals surface area contributed by atoms with Crippen LogP contribution in [0.5, 0.6) is 0 Å². The molecule has 0 saturated carbocycles. The molecule has 0 aliphatic carbocycles. The van der Waals surface area contributed by atoms with E-state index in [1.54, 1.807) is 6.07 Å². The molecule has 2 unspecified atom stereocenters. The van der Waals surface area contributed by atoms with Crippen LogP contribution in [0, 0.1) is 30.3 Å². The average molecular weight is 417 g/mol. The third kappa shape index (κ3) is 3.74. The highest BCUT2D eigenvalue weighted by atomic mass is 19.1. The molecule has 2 aromatic carbocycles. The lowest BCUT2D eigenvalue weighted by atomic mass is 9.70. The lowest BCUT2D eigenvalue weighted by Crippen LogP contribution is -2.49. The summed E-state index contributed by atoms with van der Waals surface area (Å²) in [6, 6.07) is 7.56. The van der Waals surface area contributed by atoms with Gasteiger partial charge >= 0.3 is 0 Å². The summed E-state index contributed by atoms with van der Waals surface area (Å²) < 4.78 is 42.7. The maximum atomic E-state index is 14.5. The van der Waals surface area contributed by atoms with Crippen molar-refractivity contribution in [1.82, 2.24) is 5.01 Å². The molecule has 1 heterocycles. The van der Waals surface area contributed by atoms with Gasteiger partial charge in [0.25, 0.3) is 0 Å². The molecule has 1 aliphatic heterocycles. The van der Waals surface area contributed by atoms with Gasteiger partial charge in [-0.25, -0.2) is 18.2 Å². The van der Waals surface area contributed by atoms with E-state index in [0.29, 0.717) is 24.9 Å². The summed E-state index contributed by atoms with van der Waals surface area (Å²) in [6.45, 7) is 5.54. The molecule has 0 aromatic heterocycles. The van der Waals surface area contributed by atoms with Crippen LogP contribution in [0.3, 0.4) is 0 Å². The topological polar surface area (TPSA) is 58.7 Å². The third-order valence-corrected chi connectivity index (χ3v) is 5.92. The number of nitrogens with two attached hydrogens (primary N) is 1. The SMILES string of the molecule is CCC(CCN)C1(c2cc(F)ccc2C)CC(c2cc(F)ccc2F)=NN1C(C)=O. The molecule has 0 radical (unpaired) electrons. The summed E-state index contributed by atoms with van der Waals surface area (Å²) in [5.74, 6) is -2.19. The van der Waals surface area contributed by atoms with Gasteiger partial charge in [-0.1, -0.05) is 19.4 Å². The van der Waals surface area contributed by atoms with Gasteiger partial charge < -0.3 is 5.73 Å². The molecule has 7 heteroatoms. The molecular weight excluding hydrogens is 391 g/mol. The lowest BCUT2D eigenvalue weighted by Gasteiger charge is -2.43. The number of nitrogens with zero attached hydrogens (tertiary/aromatic N) is 2. The zero-order valence-corrected chi connectivity index (χ0v) is 17.4. The minimum Gasteiger partial charge on any atom is -0.330 e. The van der Waals surface area contributed by atoms with Gasteiger partial charge in [0.05, 0.1) is 5.71 Å². The van der Waals surface area contributed by atoms with Crippen LogP contribution in [0.4, 0.5) is 13.2 Å². The standard InChI is InChI=1S/C23H26F3N3O/c1-4-16(9-10-27)23(20-12-18(25)6-5-14(20)2)13-22(28-29(23)15(3)30)19-11-17(24)7-8-21(19)26/h5-8,11-12,16H,4,9-10,13,27H2,1-3H3. The van der Waals surface area contributed by atoms with E-state index in [4.69, 9.17) is 5.73 Å². The predicted octanol–water partition coefficient (Wildman–Crippen LogP) is 4.64. The number of hydrogen-bond donors (Lipinski definition) is 1. The van der Waals surface area contributed by atoms with E-state index < -0.39 is 23.0 Å². The first-order valence-corrected chi connectivity index (χ1v) is 10.0. The number of carbonyl (C=O) groups is 1. The Balaban J connectivity index is 2.27. The molecule has 0 fully saturated rings. The average Bonchev–Trinajstić information content (AvgIpc) is 3.11.